The smallest absolute Gasteiger partial charge is 0.136 e. The van der Waals surface area contributed by atoms with Crippen LogP contribution in [0.2, 0.25) is 0 Å². The van der Waals surface area contributed by atoms with Crippen molar-refractivity contribution in [3.8, 4) is 0 Å². The van der Waals surface area contributed by atoms with E-state index < -0.39 is 0 Å². The van der Waals surface area contributed by atoms with E-state index >= 15 is 0 Å². The lowest BCUT2D eigenvalue weighted by atomic mass is 10.2. The summed E-state index contributed by atoms with van der Waals surface area (Å²) in [6, 6.07) is 0.602. The summed E-state index contributed by atoms with van der Waals surface area (Å²) >= 11 is 0. The Hall–Kier alpha value is -0.410. The number of hydrogen-bond donors (Lipinski definition) is 1. The molecular formula is C8H16N2O. The fourth-order valence-electron chi connectivity index (χ4n) is 1.42. The summed E-state index contributed by atoms with van der Waals surface area (Å²) in [5.41, 5.74) is 0. The van der Waals surface area contributed by atoms with Gasteiger partial charge in [-0.05, 0) is 13.8 Å². The molecule has 0 radical (unpaired) electrons. The third-order valence-corrected chi connectivity index (χ3v) is 2.17. The Morgan fingerprint density at radius 2 is 2.45 bits per heavy atom. The number of aldehydes is 1. The standard InChI is InChI=1S/C8H16N2O/c1-7-5-10(4-3-9-7)8(2)6-11/h6-9H,3-5H2,1-2H3. The van der Waals surface area contributed by atoms with Crippen molar-refractivity contribution in [1.29, 1.82) is 0 Å². The third kappa shape index (κ3) is 2.27. The number of nitrogens with one attached hydrogen (secondary N) is 1. The molecule has 0 bridgehead atoms. The molecule has 3 heteroatoms. The van der Waals surface area contributed by atoms with E-state index in [0.29, 0.717) is 6.04 Å². The van der Waals surface area contributed by atoms with Gasteiger partial charge in [-0.2, -0.15) is 0 Å². The monoisotopic (exact) mass is 156 g/mol. The highest BCUT2D eigenvalue weighted by atomic mass is 16.1. The van der Waals surface area contributed by atoms with Crippen LogP contribution in [0.3, 0.4) is 0 Å². The molecule has 0 aromatic carbocycles. The Balaban J connectivity index is 2.38. The van der Waals surface area contributed by atoms with Gasteiger partial charge in [0.05, 0.1) is 6.04 Å². The van der Waals surface area contributed by atoms with Crippen LogP contribution >= 0.6 is 0 Å². The van der Waals surface area contributed by atoms with Gasteiger partial charge in [-0.1, -0.05) is 0 Å². The zero-order valence-electron chi connectivity index (χ0n) is 7.21. The number of carbonyl (C=O) groups is 1. The Morgan fingerprint density at radius 1 is 1.73 bits per heavy atom. The second-order valence-electron chi connectivity index (χ2n) is 3.23. The molecule has 1 rings (SSSR count). The van der Waals surface area contributed by atoms with Crippen LogP contribution in [0.15, 0.2) is 0 Å². The Morgan fingerprint density at radius 3 is 3.00 bits per heavy atom. The summed E-state index contributed by atoms with van der Waals surface area (Å²) in [4.78, 5) is 12.7. The molecule has 0 aromatic rings. The molecule has 1 aliphatic rings. The van der Waals surface area contributed by atoms with Crippen molar-refractivity contribution >= 4 is 6.29 Å². The molecule has 1 saturated heterocycles. The molecule has 1 N–H and O–H groups in total. The Kier molecular flexibility index (Phi) is 3.02. The van der Waals surface area contributed by atoms with Crippen LogP contribution in [0.1, 0.15) is 13.8 Å². The summed E-state index contributed by atoms with van der Waals surface area (Å²) in [6.45, 7) is 7.07. The van der Waals surface area contributed by atoms with Gasteiger partial charge >= 0.3 is 0 Å². The van der Waals surface area contributed by atoms with Crippen LogP contribution in [-0.2, 0) is 4.79 Å². The molecule has 0 spiro atoms. The van der Waals surface area contributed by atoms with Crippen molar-refractivity contribution in [2.24, 2.45) is 0 Å². The highest BCUT2D eigenvalue weighted by Crippen LogP contribution is 2.01. The first kappa shape index (κ1) is 8.68. The maximum Gasteiger partial charge on any atom is 0.136 e. The van der Waals surface area contributed by atoms with Crippen molar-refractivity contribution in [2.45, 2.75) is 25.9 Å². The van der Waals surface area contributed by atoms with Gasteiger partial charge < -0.3 is 10.1 Å². The number of carbonyl (C=O) groups excluding carboxylic acids is 1. The van der Waals surface area contributed by atoms with Crippen LogP contribution in [0.5, 0.6) is 0 Å². The van der Waals surface area contributed by atoms with Crippen molar-refractivity contribution < 1.29 is 4.79 Å². The molecule has 0 saturated carbocycles. The molecule has 11 heavy (non-hydrogen) atoms. The van der Waals surface area contributed by atoms with Crippen LogP contribution in [0, 0.1) is 0 Å². The Bertz CT molecular complexity index is 138. The quantitative estimate of drug-likeness (QED) is 0.565. The van der Waals surface area contributed by atoms with Crippen molar-refractivity contribution in [3.05, 3.63) is 0 Å². The fourth-order valence-corrected chi connectivity index (χ4v) is 1.42. The molecular weight excluding hydrogens is 140 g/mol. The first-order valence-corrected chi connectivity index (χ1v) is 4.16. The van der Waals surface area contributed by atoms with E-state index in [4.69, 9.17) is 0 Å². The van der Waals surface area contributed by atoms with Crippen molar-refractivity contribution in [2.75, 3.05) is 19.6 Å². The number of piperazine rings is 1. The van der Waals surface area contributed by atoms with E-state index in [1.165, 1.54) is 0 Å². The van der Waals surface area contributed by atoms with Gasteiger partial charge in [0.15, 0.2) is 0 Å². The van der Waals surface area contributed by atoms with E-state index in [-0.39, 0.29) is 6.04 Å². The predicted molar refractivity (Wildman–Crippen MR) is 44.6 cm³/mol. The van der Waals surface area contributed by atoms with Crippen LogP contribution in [0.4, 0.5) is 0 Å². The number of nitrogens with zero attached hydrogens (tertiary/aromatic N) is 1. The highest BCUT2D eigenvalue weighted by Gasteiger charge is 2.19. The molecule has 3 nitrogen and oxygen atoms in total. The topological polar surface area (TPSA) is 32.3 Å². The molecule has 1 heterocycles. The molecule has 64 valence electrons. The molecule has 2 atom stereocenters. The Labute approximate surface area is 67.8 Å². The summed E-state index contributed by atoms with van der Waals surface area (Å²) in [5.74, 6) is 0. The number of hydrogen-bond acceptors (Lipinski definition) is 3. The molecule has 0 amide bonds. The van der Waals surface area contributed by atoms with E-state index in [2.05, 4.69) is 17.1 Å². The molecule has 1 aliphatic heterocycles. The predicted octanol–water partition coefficient (Wildman–Crippen LogP) is -0.132. The minimum atomic E-state index is 0.0829. The fraction of sp³-hybridized carbons (Fsp3) is 0.875. The maximum atomic E-state index is 10.4. The minimum Gasteiger partial charge on any atom is -0.312 e. The lowest BCUT2D eigenvalue weighted by molar-refractivity contribution is -0.112. The van der Waals surface area contributed by atoms with Gasteiger partial charge in [0, 0.05) is 25.7 Å². The summed E-state index contributed by atoms with van der Waals surface area (Å²) in [6.07, 6.45) is 1.01. The number of rotatable bonds is 2. The lowest BCUT2D eigenvalue weighted by Gasteiger charge is -2.33. The first-order chi connectivity index (χ1) is 5.24. The van der Waals surface area contributed by atoms with Crippen LogP contribution in [0.25, 0.3) is 0 Å². The van der Waals surface area contributed by atoms with Crippen molar-refractivity contribution in [1.82, 2.24) is 10.2 Å². The second kappa shape index (κ2) is 3.83. The van der Waals surface area contributed by atoms with Gasteiger partial charge in [0.1, 0.15) is 6.29 Å². The maximum absolute atomic E-state index is 10.4. The zero-order valence-corrected chi connectivity index (χ0v) is 7.21. The molecule has 0 aliphatic carbocycles. The van der Waals surface area contributed by atoms with E-state index in [1.807, 2.05) is 6.92 Å². The van der Waals surface area contributed by atoms with Gasteiger partial charge in [0.2, 0.25) is 0 Å². The van der Waals surface area contributed by atoms with Gasteiger partial charge in [-0.3, -0.25) is 4.90 Å². The average molecular weight is 156 g/mol. The lowest BCUT2D eigenvalue weighted by Crippen LogP contribution is -2.52. The molecule has 2 unspecified atom stereocenters. The van der Waals surface area contributed by atoms with E-state index in [1.54, 1.807) is 0 Å². The zero-order chi connectivity index (χ0) is 8.27. The summed E-state index contributed by atoms with van der Waals surface area (Å²) in [5, 5.41) is 3.33. The van der Waals surface area contributed by atoms with Crippen molar-refractivity contribution in [3.63, 3.8) is 0 Å². The van der Waals surface area contributed by atoms with Gasteiger partial charge in [-0.15, -0.1) is 0 Å². The van der Waals surface area contributed by atoms with Crippen LogP contribution in [-0.4, -0.2) is 42.9 Å². The van der Waals surface area contributed by atoms with E-state index in [0.717, 1.165) is 25.9 Å². The minimum absolute atomic E-state index is 0.0829. The summed E-state index contributed by atoms with van der Waals surface area (Å²) < 4.78 is 0. The normalized spacial score (nSPS) is 29.8. The molecule has 0 aromatic heterocycles. The SMILES string of the molecule is CC1CN(C(C)C=O)CCN1. The largest absolute Gasteiger partial charge is 0.312 e. The summed E-state index contributed by atoms with van der Waals surface area (Å²) in [7, 11) is 0. The third-order valence-electron chi connectivity index (χ3n) is 2.17. The molecule has 1 fully saturated rings. The average Bonchev–Trinajstić information content (AvgIpc) is 2.03. The van der Waals surface area contributed by atoms with Gasteiger partial charge in [0.25, 0.3) is 0 Å². The van der Waals surface area contributed by atoms with E-state index in [9.17, 15) is 4.79 Å². The second-order valence-corrected chi connectivity index (χ2v) is 3.23. The highest BCUT2D eigenvalue weighted by molar-refractivity contribution is 5.56. The first-order valence-electron chi connectivity index (χ1n) is 4.16. The van der Waals surface area contributed by atoms with Crippen LogP contribution < -0.4 is 5.32 Å². The van der Waals surface area contributed by atoms with Gasteiger partial charge in [-0.25, -0.2) is 0 Å².